The molecule has 2 aromatic carbocycles. The van der Waals surface area contributed by atoms with E-state index in [9.17, 15) is 5.11 Å². The number of hydrogen-bond donors (Lipinski definition) is 1. The molecule has 0 fully saturated rings. The van der Waals surface area contributed by atoms with Crippen LogP contribution in [0.2, 0.25) is 0 Å². The Morgan fingerprint density at radius 1 is 1.05 bits per heavy atom. The Balaban J connectivity index is 0.000000497. The average molecular weight is 286 g/mol. The number of phenolic OH excluding ortho intramolecular Hbond substituents is 1. The molecule has 0 heterocycles. The molecule has 4 rings (SSSR count). The molecule has 112 valence electrons. The van der Waals surface area contributed by atoms with Gasteiger partial charge in [-0.1, -0.05) is 26.0 Å². The molecular formula is C18H22O3. The van der Waals surface area contributed by atoms with Crippen LogP contribution in [-0.2, 0) is 11.2 Å². The predicted octanol–water partition coefficient (Wildman–Crippen LogP) is 4.47. The quantitative estimate of drug-likeness (QED) is 0.771. The third-order valence-corrected chi connectivity index (χ3v) is 3.37. The largest absolute Gasteiger partial charge is 0.508 e. The predicted molar refractivity (Wildman–Crippen MR) is 84.5 cm³/mol. The summed E-state index contributed by atoms with van der Waals surface area (Å²) < 4.78 is 10.1. The summed E-state index contributed by atoms with van der Waals surface area (Å²) in [5, 5.41) is 9.78. The van der Waals surface area contributed by atoms with Crippen LogP contribution in [0.3, 0.4) is 0 Å². The molecular weight excluding hydrogens is 264 g/mol. The van der Waals surface area contributed by atoms with Gasteiger partial charge in [0.1, 0.15) is 17.2 Å². The summed E-state index contributed by atoms with van der Waals surface area (Å²) in [5.41, 5.74) is 3.54. The summed E-state index contributed by atoms with van der Waals surface area (Å²) in [6.45, 7) is 4.12. The molecule has 21 heavy (non-hydrogen) atoms. The van der Waals surface area contributed by atoms with Crippen LogP contribution in [0, 0.1) is 0 Å². The number of aromatic hydroxyl groups is 1. The molecule has 0 amide bonds. The molecule has 3 heteroatoms. The van der Waals surface area contributed by atoms with Crippen LogP contribution in [0.25, 0.3) is 0 Å². The first-order valence-electron chi connectivity index (χ1n) is 7.07. The minimum Gasteiger partial charge on any atom is -0.508 e. The van der Waals surface area contributed by atoms with Crippen molar-refractivity contribution in [1.82, 2.24) is 0 Å². The molecule has 0 spiro atoms. The first kappa shape index (κ1) is 15.4. The van der Waals surface area contributed by atoms with Gasteiger partial charge in [0.2, 0.25) is 0 Å². The lowest BCUT2D eigenvalue weighted by atomic mass is 9.92. The summed E-state index contributed by atoms with van der Waals surface area (Å²) in [5.74, 6) is 2.32. The van der Waals surface area contributed by atoms with E-state index in [0.717, 1.165) is 23.5 Å². The van der Waals surface area contributed by atoms with Crippen molar-refractivity contribution in [2.24, 2.45) is 0 Å². The van der Waals surface area contributed by atoms with Gasteiger partial charge in [-0.15, -0.1) is 0 Å². The van der Waals surface area contributed by atoms with Gasteiger partial charge in [0, 0.05) is 26.2 Å². The highest BCUT2D eigenvalue weighted by molar-refractivity contribution is 5.50. The van der Waals surface area contributed by atoms with Crippen LogP contribution in [0.5, 0.6) is 17.2 Å². The fraction of sp³-hybridized carbons (Fsp3) is 0.333. The molecule has 0 aromatic heterocycles. The molecule has 0 saturated heterocycles. The molecule has 0 aliphatic heterocycles. The van der Waals surface area contributed by atoms with E-state index in [1.165, 1.54) is 11.1 Å². The van der Waals surface area contributed by atoms with Crippen LogP contribution < -0.4 is 4.74 Å². The van der Waals surface area contributed by atoms with Crippen molar-refractivity contribution >= 4 is 0 Å². The Labute approximate surface area is 126 Å². The van der Waals surface area contributed by atoms with Gasteiger partial charge in [-0.25, -0.2) is 0 Å². The summed E-state index contributed by atoms with van der Waals surface area (Å²) >= 11 is 0. The fourth-order valence-electron chi connectivity index (χ4n) is 2.25. The van der Waals surface area contributed by atoms with E-state index in [2.05, 4.69) is 30.7 Å². The van der Waals surface area contributed by atoms with Crippen LogP contribution in [0.1, 0.15) is 36.5 Å². The van der Waals surface area contributed by atoms with E-state index in [-0.39, 0.29) is 5.92 Å². The second-order valence-corrected chi connectivity index (χ2v) is 5.50. The van der Waals surface area contributed by atoms with Gasteiger partial charge in [0.05, 0.1) is 0 Å². The van der Waals surface area contributed by atoms with Crippen molar-refractivity contribution in [2.75, 3.05) is 14.2 Å². The highest BCUT2D eigenvalue weighted by Crippen LogP contribution is 2.36. The minimum absolute atomic E-state index is 0.281. The van der Waals surface area contributed by atoms with E-state index in [0.29, 0.717) is 5.75 Å². The SMILES string of the molecule is CC(C)c1cc(Oc2ccc3cc2C3)ccc1O.COC. The second kappa shape index (κ2) is 6.64. The number of phenols is 1. The zero-order valence-corrected chi connectivity index (χ0v) is 13.0. The summed E-state index contributed by atoms with van der Waals surface area (Å²) in [6, 6.07) is 11.7. The Morgan fingerprint density at radius 3 is 2.24 bits per heavy atom. The number of fused-ring (bicyclic) bond motifs is 2. The van der Waals surface area contributed by atoms with Gasteiger partial charge in [0.25, 0.3) is 0 Å². The molecule has 0 saturated carbocycles. The zero-order chi connectivity index (χ0) is 15.4. The number of ether oxygens (including phenoxy) is 2. The molecule has 0 unspecified atom stereocenters. The Hall–Kier alpha value is -2.00. The lowest BCUT2D eigenvalue weighted by Crippen LogP contribution is -2.03. The van der Waals surface area contributed by atoms with Crippen LogP contribution in [-0.4, -0.2) is 19.3 Å². The maximum Gasteiger partial charge on any atom is 0.130 e. The maximum atomic E-state index is 9.78. The van der Waals surface area contributed by atoms with E-state index < -0.39 is 0 Å². The smallest absolute Gasteiger partial charge is 0.130 e. The third-order valence-electron chi connectivity index (χ3n) is 3.37. The first-order valence-corrected chi connectivity index (χ1v) is 7.07. The van der Waals surface area contributed by atoms with Crippen molar-refractivity contribution in [3.8, 4) is 17.2 Å². The summed E-state index contributed by atoms with van der Waals surface area (Å²) in [4.78, 5) is 0. The van der Waals surface area contributed by atoms with E-state index in [4.69, 9.17) is 4.74 Å². The monoisotopic (exact) mass is 286 g/mol. The van der Waals surface area contributed by atoms with E-state index >= 15 is 0 Å². The van der Waals surface area contributed by atoms with Crippen LogP contribution in [0.4, 0.5) is 0 Å². The van der Waals surface area contributed by atoms with Gasteiger partial charge in [-0.2, -0.15) is 0 Å². The fourth-order valence-corrected chi connectivity index (χ4v) is 2.25. The highest BCUT2D eigenvalue weighted by atomic mass is 16.5. The van der Waals surface area contributed by atoms with Gasteiger partial charge in [0.15, 0.2) is 0 Å². The molecule has 1 N–H and O–H groups in total. The number of benzene rings is 2. The lowest BCUT2D eigenvalue weighted by molar-refractivity contribution is 0.277. The topological polar surface area (TPSA) is 38.7 Å². The van der Waals surface area contributed by atoms with Gasteiger partial charge in [-0.05, 0) is 41.3 Å². The van der Waals surface area contributed by atoms with Gasteiger partial charge in [-0.3, -0.25) is 0 Å². The summed E-state index contributed by atoms with van der Waals surface area (Å²) in [6.07, 6.45) is 1.01. The average Bonchev–Trinajstić information content (AvgIpc) is 2.41. The molecule has 3 nitrogen and oxygen atoms in total. The second-order valence-electron chi connectivity index (χ2n) is 5.50. The third kappa shape index (κ3) is 3.56. The van der Waals surface area contributed by atoms with Gasteiger partial charge < -0.3 is 14.6 Å². The number of methoxy groups -OCH3 is 1. The highest BCUT2D eigenvalue weighted by Gasteiger charge is 2.15. The Bertz CT molecular complexity index is 614. The first-order chi connectivity index (χ1) is 10.0. The Kier molecular flexibility index (Phi) is 4.86. The standard InChI is InChI=1S/C16H16O2.C2H6O/c1-10(2)14-9-13(4-5-15(14)17)18-16-6-3-11-7-12(16)8-11;1-3-2/h3-7,9-10,17H,8H2,1-2H3;1-2H3. The zero-order valence-electron chi connectivity index (χ0n) is 13.0. The van der Waals surface area contributed by atoms with E-state index in [1.807, 2.05) is 12.1 Å². The number of rotatable bonds is 3. The number of hydrogen-bond acceptors (Lipinski definition) is 3. The molecule has 2 aromatic rings. The normalized spacial score (nSPS) is 11.5. The molecule has 2 bridgehead atoms. The summed E-state index contributed by atoms with van der Waals surface area (Å²) in [7, 11) is 3.25. The minimum atomic E-state index is 0.281. The maximum absolute atomic E-state index is 9.78. The molecule has 0 radical (unpaired) electrons. The van der Waals surface area contributed by atoms with Gasteiger partial charge >= 0.3 is 0 Å². The van der Waals surface area contributed by atoms with E-state index in [1.54, 1.807) is 26.4 Å². The van der Waals surface area contributed by atoms with Crippen molar-refractivity contribution < 1.29 is 14.6 Å². The van der Waals surface area contributed by atoms with Crippen molar-refractivity contribution in [1.29, 1.82) is 0 Å². The molecule has 0 atom stereocenters. The van der Waals surface area contributed by atoms with Crippen LogP contribution in [0.15, 0.2) is 36.4 Å². The van der Waals surface area contributed by atoms with Crippen molar-refractivity contribution in [3.63, 3.8) is 0 Å². The molecule has 2 aliphatic rings. The Morgan fingerprint density at radius 2 is 1.71 bits per heavy atom. The molecule has 2 aliphatic carbocycles. The van der Waals surface area contributed by atoms with Crippen molar-refractivity contribution in [2.45, 2.75) is 26.2 Å². The van der Waals surface area contributed by atoms with Crippen LogP contribution >= 0.6 is 0 Å². The lowest BCUT2D eigenvalue weighted by Gasteiger charge is -2.20. The van der Waals surface area contributed by atoms with Crippen molar-refractivity contribution in [3.05, 3.63) is 53.1 Å².